The monoisotopic (exact) mass is 410 g/mol. The zero-order valence-corrected chi connectivity index (χ0v) is 18.1. The molecule has 2 aromatic carbocycles. The number of ether oxygens (including phenoxy) is 1. The van der Waals surface area contributed by atoms with Gasteiger partial charge in [-0.25, -0.2) is 0 Å². The van der Waals surface area contributed by atoms with E-state index in [1.165, 1.54) is 40.6 Å². The van der Waals surface area contributed by atoms with Gasteiger partial charge >= 0.3 is 0 Å². The quantitative estimate of drug-likeness (QED) is 0.396. The molecule has 1 N–H and O–H groups in total. The zero-order valence-electron chi connectivity index (χ0n) is 18.1. The highest BCUT2D eigenvalue weighted by molar-refractivity contribution is 5.94. The van der Waals surface area contributed by atoms with Crippen LogP contribution in [-0.4, -0.2) is 23.6 Å². The SMILES string of the molecule is CCC(Oc1ccc(-c2cn3ccccc3c2-c2ccccc2)cc1)C1CCCNC1. The van der Waals surface area contributed by atoms with E-state index in [4.69, 9.17) is 4.74 Å². The number of nitrogens with one attached hydrogen (secondary N) is 1. The molecule has 4 aromatic rings. The molecule has 2 atom stereocenters. The maximum Gasteiger partial charge on any atom is 0.119 e. The van der Waals surface area contributed by atoms with Crippen LogP contribution in [0.25, 0.3) is 27.8 Å². The molecule has 0 aliphatic carbocycles. The molecule has 0 saturated carbocycles. The van der Waals surface area contributed by atoms with Crippen molar-refractivity contribution in [3.05, 3.63) is 85.2 Å². The van der Waals surface area contributed by atoms with Gasteiger partial charge in [0.05, 0.1) is 5.52 Å². The Morgan fingerprint density at radius 3 is 2.52 bits per heavy atom. The number of hydrogen-bond donors (Lipinski definition) is 1. The molecule has 3 nitrogen and oxygen atoms in total. The first-order valence-electron chi connectivity index (χ1n) is 11.5. The van der Waals surface area contributed by atoms with Crippen LogP contribution in [0.3, 0.4) is 0 Å². The molecular formula is C28H30N2O. The van der Waals surface area contributed by atoms with E-state index in [0.717, 1.165) is 25.3 Å². The van der Waals surface area contributed by atoms with Crippen molar-refractivity contribution in [3.8, 4) is 28.0 Å². The van der Waals surface area contributed by atoms with Crippen molar-refractivity contribution in [1.82, 2.24) is 9.72 Å². The van der Waals surface area contributed by atoms with Crippen LogP contribution < -0.4 is 10.1 Å². The fourth-order valence-corrected chi connectivity index (χ4v) is 4.85. The van der Waals surface area contributed by atoms with E-state index in [2.05, 4.69) is 102 Å². The molecule has 0 radical (unpaired) electrons. The topological polar surface area (TPSA) is 25.7 Å². The van der Waals surface area contributed by atoms with E-state index >= 15 is 0 Å². The summed E-state index contributed by atoms with van der Waals surface area (Å²) >= 11 is 0. The lowest BCUT2D eigenvalue weighted by Crippen LogP contribution is -2.39. The van der Waals surface area contributed by atoms with Crippen molar-refractivity contribution in [2.75, 3.05) is 13.1 Å². The van der Waals surface area contributed by atoms with Crippen molar-refractivity contribution in [3.63, 3.8) is 0 Å². The van der Waals surface area contributed by atoms with Gasteiger partial charge in [0.1, 0.15) is 11.9 Å². The Balaban J connectivity index is 1.46. The molecule has 2 unspecified atom stereocenters. The number of rotatable bonds is 6. The second-order valence-electron chi connectivity index (χ2n) is 8.47. The smallest absolute Gasteiger partial charge is 0.119 e. The van der Waals surface area contributed by atoms with Gasteiger partial charge in [-0.3, -0.25) is 0 Å². The van der Waals surface area contributed by atoms with Crippen molar-refractivity contribution in [1.29, 1.82) is 0 Å². The number of aromatic nitrogens is 1. The minimum Gasteiger partial charge on any atom is -0.490 e. The fourth-order valence-electron chi connectivity index (χ4n) is 4.85. The minimum atomic E-state index is 0.274. The van der Waals surface area contributed by atoms with Crippen LogP contribution in [-0.2, 0) is 0 Å². The number of fused-ring (bicyclic) bond motifs is 1. The van der Waals surface area contributed by atoms with E-state index in [9.17, 15) is 0 Å². The second kappa shape index (κ2) is 8.99. The highest BCUT2D eigenvalue weighted by Gasteiger charge is 2.23. The number of benzene rings is 2. The van der Waals surface area contributed by atoms with Crippen LogP contribution in [0.4, 0.5) is 0 Å². The average Bonchev–Trinajstić information content (AvgIpc) is 3.23. The molecule has 3 heterocycles. The summed E-state index contributed by atoms with van der Waals surface area (Å²) in [6, 6.07) is 25.7. The summed E-state index contributed by atoms with van der Waals surface area (Å²) in [4.78, 5) is 0. The van der Waals surface area contributed by atoms with Crippen LogP contribution in [0.1, 0.15) is 26.2 Å². The Morgan fingerprint density at radius 2 is 1.77 bits per heavy atom. The van der Waals surface area contributed by atoms with Crippen molar-refractivity contribution >= 4 is 5.52 Å². The molecule has 0 bridgehead atoms. The summed E-state index contributed by atoms with van der Waals surface area (Å²) in [5.74, 6) is 1.56. The largest absolute Gasteiger partial charge is 0.490 e. The minimum absolute atomic E-state index is 0.274. The first-order valence-corrected chi connectivity index (χ1v) is 11.5. The van der Waals surface area contributed by atoms with Gasteiger partial charge in [-0.2, -0.15) is 0 Å². The molecule has 31 heavy (non-hydrogen) atoms. The highest BCUT2D eigenvalue weighted by Crippen LogP contribution is 2.37. The van der Waals surface area contributed by atoms with Gasteiger partial charge in [0.25, 0.3) is 0 Å². The third kappa shape index (κ3) is 4.11. The van der Waals surface area contributed by atoms with Crippen LogP contribution in [0, 0.1) is 5.92 Å². The molecule has 0 amide bonds. The van der Waals surface area contributed by atoms with Crippen molar-refractivity contribution in [2.24, 2.45) is 5.92 Å². The van der Waals surface area contributed by atoms with Crippen molar-refractivity contribution in [2.45, 2.75) is 32.3 Å². The first kappa shape index (κ1) is 19.9. The molecule has 3 heteroatoms. The molecule has 1 aliphatic heterocycles. The molecule has 1 saturated heterocycles. The summed E-state index contributed by atoms with van der Waals surface area (Å²) in [5, 5.41) is 3.52. The maximum atomic E-state index is 6.42. The lowest BCUT2D eigenvalue weighted by molar-refractivity contribution is 0.111. The number of piperidine rings is 1. The van der Waals surface area contributed by atoms with Gasteiger partial charge in [0, 0.05) is 36.0 Å². The van der Waals surface area contributed by atoms with Gasteiger partial charge in [0.2, 0.25) is 0 Å². The molecule has 1 aliphatic rings. The maximum absolute atomic E-state index is 6.42. The van der Waals surface area contributed by atoms with Crippen LogP contribution in [0.2, 0.25) is 0 Å². The molecule has 5 rings (SSSR count). The molecule has 1 fully saturated rings. The first-order chi connectivity index (χ1) is 15.3. The number of hydrogen-bond acceptors (Lipinski definition) is 2. The molecular weight excluding hydrogens is 380 g/mol. The van der Waals surface area contributed by atoms with E-state index in [1.807, 2.05) is 0 Å². The molecule has 158 valence electrons. The van der Waals surface area contributed by atoms with Gasteiger partial charge in [-0.05, 0) is 61.2 Å². The van der Waals surface area contributed by atoms with E-state index in [1.54, 1.807) is 0 Å². The van der Waals surface area contributed by atoms with Crippen LogP contribution >= 0.6 is 0 Å². The average molecular weight is 411 g/mol. The third-order valence-corrected chi connectivity index (χ3v) is 6.46. The molecule has 0 spiro atoms. The Labute approximate surface area is 184 Å². The predicted molar refractivity (Wildman–Crippen MR) is 129 cm³/mol. The van der Waals surface area contributed by atoms with Gasteiger partial charge in [0.15, 0.2) is 0 Å². The number of nitrogens with zero attached hydrogens (tertiary/aromatic N) is 1. The fraction of sp³-hybridized carbons (Fsp3) is 0.286. The Morgan fingerprint density at radius 1 is 0.968 bits per heavy atom. The zero-order chi connectivity index (χ0) is 21.0. The van der Waals surface area contributed by atoms with Crippen molar-refractivity contribution < 1.29 is 4.74 Å². The summed E-state index contributed by atoms with van der Waals surface area (Å²) < 4.78 is 8.64. The Hall–Kier alpha value is -3.04. The van der Waals surface area contributed by atoms with Gasteiger partial charge < -0.3 is 14.5 Å². The standard InChI is InChI=1S/C28H30N2O/c1-2-27(23-11-8-17-29-19-23)31-24-15-13-21(14-16-24)25-20-30-18-7-6-12-26(30)28(25)22-9-4-3-5-10-22/h3-7,9-10,12-16,18,20,23,27,29H,2,8,11,17,19H2,1H3. The van der Waals surface area contributed by atoms with Crippen LogP contribution in [0.5, 0.6) is 5.75 Å². The second-order valence-corrected chi connectivity index (χ2v) is 8.47. The predicted octanol–water partition coefficient (Wildman–Crippen LogP) is 6.43. The van der Waals surface area contributed by atoms with E-state index in [-0.39, 0.29) is 6.10 Å². The van der Waals surface area contributed by atoms with Crippen LogP contribution in [0.15, 0.2) is 85.2 Å². The normalized spacial score (nSPS) is 17.5. The summed E-state index contributed by atoms with van der Waals surface area (Å²) in [6.07, 6.45) is 8.16. The van der Waals surface area contributed by atoms with E-state index < -0.39 is 0 Å². The van der Waals surface area contributed by atoms with Gasteiger partial charge in [-0.1, -0.05) is 55.5 Å². The van der Waals surface area contributed by atoms with E-state index in [0.29, 0.717) is 5.92 Å². The summed E-state index contributed by atoms with van der Waals surface area (Å²) in [7, 11) is 0. The Bertz CT molecular complexity index is 1120. The summed E-state index contributed by atoms with van der Waals surface area (Å²) in [6.45, 7) is 4.43. The highest BCUT2D eigenvalue weighted by atomic mass is 16.5. The lowest BCUT2D eigenvalue weighted by Gasteiger charge is -2.30. The third-order valence-electron chi connectivity index (χ3n) is 6.46. The molecule has 2 aromatic heterocycles. The van der Waals surface area contributed by atoms with Gasteiger partial charge in [-0.15, -0.1) is 0 Å². The summed E-state index contributed by atoms with van der Waals surface area (Å²) in [5.41, 5.74) is 6.19. The Kier molecular flexibility index (Phi) is 5.77. The number of pyridine rings is 1. The lowest BCUT2D eigenvalue weighted by atomic mass is 9.92.